The molecular formula is C19H22N2O3. The van der Waals surface area contributed by atoms with Crippen molar-refractivity contribution in [2.75, 3.05) is 13.7 Å². The number of benzene rings is 2. The largest absolute Gasteiger partial charge is 0.497 e. The van der Waals surface area contributed by atoms with E-state index in [1.54, 1.807) is 13.3 Å². The van der Waals surface area contributed by atoms with Gasteiger partial charge in [0.1, 0.15) is 11.5 Å². The number of nitrogens with zero attached hydrogens (tertiary/aromatic N) is 1. The van der Waals surface area contributed by atoms with Gasteiger partial charge in [-0.05, 0) is 53.4 Å². The topological polar surface area (TPSA) is 59.9 Å². The smallest absolute Gasteiger partial charge is 0.277 e. The Morgan fingerprint density at radius 1 is 1.17 bits per heavy atom. The van der Waals surface area contributed by atoms with E-state index in [4.69, 9.17) is 9.47 Å². The number of hydrogen-bond acceptors (Lipinski definition) is 4. The Balaban J connectivity index is 1.80. The Labute approximate surface area is 142 Å². The van der Waals surface area contributed by atoms with Crippen LogP contribution in [0.4, 0.5) is 0 Å². The highest BCUT2D eigenvalue weighted by Crippen LogP contribution is 2.19. The first-order chi connectivity index (χ1) is 11.6. The molecule has 5 heteroatoms. The van der Waals surface area contributed by atoms with Crippen LogP contribution in [-0.2, 0) is 4.79 Å². The molecule has 5 nitrogen and oxygen atoms in total. The third-order valence-electron chi connectivity index (χ3n) is 3.41. The van der Waals surface area contributed by atoms with Crippen LogP contribution >= 0.6 is 0 Å². The number of nitrogens with one attached hydrogen (secondary N) is 1. The Kier molecular flexibility index (Phi) is 6.37. The van der Waals surface area contributed by atoms with Crippen molar-refractivity contribution >= 4 is 12.1 Å². The maximum absolute atomic E-state index is 11.8. The first-order valence-corrected chi connectivity index (χ1v) is 7.77. The average molecular weight is 326 g/mol. The fourth-order valence-corrected chi connectivity index (χ4v) is 2.01. The molecule has 2 aromatic rings. The van der Waals surface area contributed by atoms with Crippen LogP contribution in [0.15, 0.2) is 53.6 Å². The molecule has 0 aromatic heterocycles. The van der Waals surface area contributed by atoms with Gasteiger partial charge in [0.25, 0.3) is 5.91 Å². The number of carbonyl (C=O) groups excluding carboxylic acids is 1. The van der Waals surface area contributed by atoms with Gasteiger partial charge in [-0.25, -0.2) is 5.43 Å². The van der Waals surface area contributed by atoms with E-state index in [1.165, 1.54) is 5.56 Å². The van der Waals surface area contributed by atoms with E-state index in [0.717, 1.165) is 11.3 Å². The first-order valence-electron chi connectivity index (χ1n) is 7.77. The number of amides is 1. The van der Waals surface area contributed by atoms with Gasteiger partial charge < -0.3 is 9.47 Å². The lowest BCUT2D eigenvalue weighted by atomic mass is 10.0. The molecule has 0 aliphatic heterocycles. The second-order valence-corrected chi connectivity index (χ2v) is 5.58. The van der Waals surface area contributed by atoms with E-state index in [2.05, 4.69) is 24.4 Å². The molecule has 126 valence electrons. The molecular weight excluding hydrogens is 304 g/mol. The summed E-state index contributed by atoms with van der Waals surface area (Å²) in [7, 11) is 1.61. The van der Waals surface area contributed by atoms with Crippen molar-refractivity contribution in [1.82, 2.24) is 5.43 Å². The summed E-state index contributed by atoms with van der Waals surface area (Å²) in [5.74, 6) is 1.55. The monoisotopic (exact) mass is 326 g/mol. The maximum atomic E-state index is 11.8. The normalized spacial score (nSPS) is 10.8. The lowest BCUT2D eigenvalue weighted by molar-refractivity contribution is -0.123. The van der Waals surface area contributed by atoms with Crippen molar-refractivity contribution in [1.29, 1.82) is 0 Å². The molecule has 0 saturated carbocycles. The molecule has 0 aliphatic carbocycles. The Hall–Kier alpha value is -2.82. The first kappa shape index (κ1) is 17.5. The molecule has 24 heavy (non-hydrogen) atoms. The molecule has 2 aromatic carbocycles. The molecule has 0 bridgehead atoms. The lowest BCUT2D eigenvalue weighted by Crippen LogP contribution is -2.24. The SMILES string of the molecule is COc1ccc(/C=N/NC(=O)COc2cccc(C(C)C)c2)cc1. The van der Waals surface area contributed by atoms with Gasteiger partial charge in [0.2, 0.25) is 0 Å². The molecule has 0 heterocycles. The Morgan fingerprint density at radius 2 is 1.92 bits per heavy atom. The minimum Gasteiger partial charge on any atom is -0.497 e. The van der Waals surface area contributed by atoms with E-state index in [9.17, 15) is 4.79 Å². The fourth-order valence-electron chi connectivity index (χ4n) is 2.01. The number of hydrogen-bond donors (Lipinski definition) is 1. The van der Waals surface area contributed by atoms with Gasteiger partial charge in [0.05, 0.1) is 13.3 Å². The van der Waals surface area contributed by atoms with Crippen molar-refractivity contribution in [2.45, 2.75) is 19.8 Å². The van der Waals surface area contributed by atoms with Crippen LogP contribution in [0.2, 0.25) is 0 Å². The summed E-state index contributed by atoms with van der Waals surface area (Å²) in [4.78, 5) is 11.8. The summed E-state index contributed by atoms with van der Waals surface area (Å²) in [6.07, 6.45) is 1.57. The van der Waals surface area contributed by atoms with Crippen molar-refractivity contribution in [3.8, 4) is 11.5 Å². The average Bonchev–Trinajstić information content (AvgIpc) is 2.61. The number of ether oxygens (including phenoxy) is 2. The van der Waals surface area contributed by atoms with E-state index >= 15 is 0 Å². The van der Waals surface area contributed by atoms with Crippen molar-refractivity contribution in [3.63, 3.8) is 0 Å². The second kappa shape index (κ2) is 8.72. The van der Waals surface area contributed by atoms with Gasteiger partial charge in [-0.15, -0.1) is 0 Å². The molecule has 0 radical (unpaired) electrons. The summed E-state index contributed by atoms with van der Waals surface area (Å²) in [5, 5.41) is 3.91. The molecule has 1 amide bonds. The molecule has 0 fully saturated rings. The summed E-state index contributed by atoms with van der Waals surface area (Å²) < 4.78 is 10.6. The standard InChI is InChI=1S/C19H22N2O3/c1-14(2)16-5-4-6-18(11-16)24-13-19(22)21-20-12-15-7-9-17(23-3)10-8-15/h4-12,14H,13H2,1-3H3,(H,21,22)/b20-12+. The van der Waals surface area contributed by atoms with Crippen molar-refractivity contribution in [2.24, 2.45) is 5.10 Å². The van der Waals surface area contributed by atoms with Crippen LogP contribution in [-0.4, -0.2) is 25.8 Å². The number of hydrazone groups is 1. The van der Waals surface area contributed by atoms with Crippen LogP contribution in [0.3, 0.4) is 0 Å². The van der Waals surface area contributed by atoms with E-state index < -0.39 is 0 Å². The highest BCUT2D eigenvalue weighted by atomic mass is 16.5. The lowest BCUT2D eigenvalue weighted by Gasteiger charge is -2.09. The van der Waals surface area contributed by atoms with Gasteiger partial charge in [-0.1, -0.05) is 26.0 Å². The molecule has 0 aliphatic rings. The summed E-state index contributed by atoms with van der Waals surface area (Å²) in [6, 6.07) is 15.1. The van der Waals surface area contributed by atoms with Crippen molar-refractivity contribution in [3.05, 3.63) is 59.7 Å². The van der Waals surface area contributed by atoms with Crippen LogP contribution in [0.1, 0.15) is 30.9 Å². The van der Waals surface area contributed by atoms with Crippen LogP contribution in [0.25, 0.3) is 0 Å². The molecule has 2 rings (SSSR count). The molecule has 0 saturated heterocycles. The van der Waals surface area contributed by atoms with Crippen LogP contribution in [0, 0.1) is 0 Å². The summed E-state index contributed by atoms with van der Waals surface area (Å²) in [6.45, 7) is 4.14. The van der Waals surface area contributed by atoms with Gasteiger partial charge in [0.15, 0.2) is 6.61 Å². The zero-order chi connectivity index (χ0) is 17.4. The van der Waals surface area contributed by atoms with E-state index in [0.29, 0.717) is 11.7 Å². The summed E-state index contributed by atoms with van der Waals surface area (Å²) >= 11 is 0. The fraction of sp³-hybridized carbons (Fsp3) is 0.263. The third kappa shape index (κ3) is 5.43. The Morgan fingerprint density at radius 3 is 2.58 bits per heavy atom. The predicted molar refractivity (Wildman–Crippen MR) is 94.8 cm³/mol. The van der Waals surface area contributed by atoms with Gasteiger partial charge in [0, 0.05) is 0 Å². The molecule has 0 spiro atoms. The molecule has 0 atom stereocenters. The van der Waals surface area contributed by atoms with Crippen LogP contribution in [0.5, 0.6) is 11.5 Å². The summed E-state index contributed by atoms with van der Waals surface area (Å²) in [5.41, 5.74) is 4.48. The van der Waals surface area contributed by atoms with Crippen molar-refractivity contribution < 1.29 is 14.3 Å². The predicted octanol–water partition coefficient (Wildman–Crippen LogP) is 3.35. The zero-order valence-electron chi connectivity index (χ0n) is 14.2. The maximum Gasteiger partial charge on any atom is 0.277 e. The highest BCUT2D eigenvalue weighted by Gasteiger charge is 2.04. The van der Waals surface area contributed by atoms with E-state index in [-0.39, 0.29) is 12.5 Å². The highest BCUT2D eigenvalue weighted by molar-refractivity contribution is 5.83. The van der Waals surface area contributed by atoms with Gasteiger partial charge in [-0.3, -0.25) is 4.79 Å². The van der Waals surface area contributed by atoms with Crippen LogP contribution < -0.4 is 14.9 Å². The zero-order valence-corrected chi connectivity index (χ0v) is 14.2. The number of methoxy groups -OCH3 is 1. The third-order valence-corrected chi connectivity index (χ3v) is 3.41. The second-order valence-electron chi connectivity index (χ2n) is 5.58. The number of carbonyl (C=O) groups is 1. The quantitative estimate of drug-likeness (QED) is 0.627. The minimum atomic E-state index is -0.310. The molecule has 1 N–H and O–H groups in total. The minimum absolute atomic E-state index is 0.0818. The number of rotatable bonds is 7. The molecule has 0 unspecified atom stereocenters. The van der Waals surface area contributed by atoms with E-state index in [1.807, 2.05) is 48.5 Å². The Bertz CT molecular complexity index is 694. The van der Waals surface area contributed by atoms with Gasteiger partial charge in [-0.2, -0.15) is 5.10 Å². The van der Waals surface area contributed by atoms with Gasteiger partial charge >= 0.3 is 0 Å².